The van der Waals surface area contributed by atoms with Crippen LogP contribution in [-0.2, 0) is 4.79 Å². The van der Waals surface area contributed by atoms with Gasteiger partial charge in [0.05, 0.1) is 12.6 Å². The molecular weight excluding hydrogens is 382 g/mol. The Balaban J connectivity index is 3.52. The lowest BCUT2D eigenvalue weighted by Gasteiger charge is -2.26. The largest absolute Gasteiger partial charge is 0.394 e. The number of carbonyl (C=O) groups excluding carboxylic acids is 1. The van der Waals surface area contributed by atoms with Crippen LogP contribution in [0, 0.1) is 0 Å². The van der Waals surface area contributed by atoms with Gasteiger partial charge in [-0.2, -0.15) is 0 Å². The summed E-state index contributed by atoms with van der Waals surface area (Å²) in [6.07, 6.45) is 17.9. The van der Waals surface area contributed by atoms with Crippen LogP contribution >= 0.6 is 0 Å². The number of aliphatic hydroxyl groups is 4. The smallest absolute Gasteiger partial charge is 0.139 e. The van der Waals surface area contributed by atoms with Crippen LogP contribution in [0.3, 0.4) is 0 Å². The summed E-state index contributed by atoms with van der Waals surface area (Å²) in [4.78, 5) is 11.1. The van der Waals surface area contributed by atoms with Gasteiger partial charge in [-0.15, -0.1) is 0 Å². The molecule has 30 heavy (non-hydrogen) atoms. The van der Waals surface area contributed by atoms with Crippen LogP contribution in [0.25, 0.3) is 0 Å². The first kappa shape index (κ1) is 29.2. The van der Waals surface area contributed by atoms with Crippen molar-refractivity contribution < 1.29 is 25.2 Å². The quantitative estimate of drug-likeness (QED) is 0.103. The maximum Gasteiger partial charge on any atom is 0.139 e. The lowest BCUT2D eigenvalue weighted by atomic mass is 10.0. The molecule has 0 aliphatic carbocycles. The zero-order chi connectivity index (χ0) is 22.5. The fraction of sp³-hybridized carbons (Fsp3) is 0.875. The Morgan fingerprint density at radius 3 is 1.73 bits per heavy atom. The van der Waals surface area contributed by atoms with Crippen molar-refractivity contribution in [3.63, 3.8) is 0 Å². The minimum absolute atomic E-state index is 0.526. The predicted molar refractivity (Wildman–Crippen MR) is 122 cm³/mol. The number of allylic oxidation sites excluding steroid dienone is 2. The van der Waals surface area contributed by atoms with E-state index in [0.717, 1.165) is 25.7 Å². The maximum atomic E-state index is 11.1. The van der Waals surface area contributed by atoms with E-state index in [1.807, 2.05) is 0 Å². The second kappa shape index (κ2) is 21.4. The molecule has 0 unspecified atom stereocenters. The Bertz CT molecular complexity index is 405. The van der Waals surface area contributed by atoms with Gasteiger partial charge in [0, 0.05) is 0 Å². The van der Waals surface area contributed by atoms with E-state index in [-0.39, 0.29) is 0 Å². The van der Waals surface area contributed by atoms with E-state index in [0.29, 0.717) is 12.8 Å². The van der Waals surface area contributed by atoms with E-state index in [2.05, 4.69) is 24.4 Å². The Morgan fingerprint density at radius 2 is 1.23 bits per heavy atom. The van der Waals surface area contributed by atoms with Crippen molar-refractivity contribution >= 4 is 6.29 Å². The van der Waals surface area contributed by atoms with Crippen molar-refractivity contribution in [1.29, 1.82) is 0 Å². The first-order valence-electron chi connectivity index (χ1n) is 12.1. The van der Waals surface area contributed by atoms with Gasteiger partial charge in [0.1, 0.15) is 24.6 Å². The average Bonchev–Trinajstić information content (AvgIpc) is 2.76. The van der Waals surface area contributed by atoms with E-state index in [4.69, 9.17) is 5.11 Å². The highest BCUT2D eigenvalue weighted by Gasteiger charge is 2.30. The van der Waals surface area contributed by atoms with Gasteiger partial charge in [0.2, 0.25) is 0 Å². The summed E-state index contributed by atoms with van der Waals surface area (Å²) >= 11 is 0. The molecule has 0 aliphatic heterocycles. The molecule has 5 N–H and O–H groups in total. The van der Waals surface area contributed by atoms with E-state index >= 15 is 0 Å². The number of aliphatic hydroxyl groups excluding tert-OH is 4. The van der Waals surface area contributed by atoms with Crippen LogP contribution in [0.2, 0.25) is 0 Å². The number of aldehydes is 1. The second-order valence-electron chi connectivity index (χ2n) is 8.28. The number of unbranched alkanes of at least 4 members (excludes halogenated alkanes) is 12. The van der Waals surface area contributed by atoms with Gasteiger partial charge >= 0.3 is 0 Å². The lowest BCUT2D eigenvalue weighted by molar-refractivity contribution is -0.120. The van der Waals surface area contributed by atoms with Crippen LogP contribution < -0.4 is 5.32 Å². The van der Waals surface area contributed by atoms with Gasteiger partial charge < -0.3 is 30.5 Å². The molecule has 178 valence electrons. The van der Waals surface area contributed by atoms with Crippen molar-refractivity contribution in [2.24, 2.45) is 0 Å². The highest BCUT2D eigenvalue weighted by Crippen LogP contribution is 2.10. The predicted octanol–water partition coefficient (Wildman–Crippen LogP) is 3.26. The highest BCUT2D eigenvalue weighted by molar-refractivity contribution is 5.58. The van der Waals surface area contributed by atoms with Gasteiger partial charge in [-0.05, 0) is 38.6 Å². The Hall–Kier alpha value is -0.790. The van der Waals surface area contributed by atoms with Gasteiger partial charge in [-0.1, -0.05) is 76.9 Å². The molecule has 0 spiro atoms. The zero-order valence-corrected chi connectivity index (χ0v) is 19.1. The summed E-state index contributed by atoms with van der Waals surface area (Å²) in [5.74, 6) is 0. The van der Waals surface area contributed by atoms with Crippen LogP contribution in [0.5, 0.6) is 0 Å². The topological polar surface area (TPSA) is 110 Å². The zero-order valence-electron chi connectivity index (χ0n) is 19.1. The van der Waals surface area contributed by atoms with Crippen LogP contribution in [-0.4, -0.2) is 64.2 Å². The molecule has 0 radical (unpaired) electrons. The summed E-state index contributed by atoms with van der Waals surface area (Å²) in [7, 11) is 0. The second-order valence-corrected chi connectivity index (χ2v) is 8.28. The molecule has 4 atom stereocenters. The molecule has 0 amide bonds. The number of carbonyl (C=O) groups is 1. The van der Waals surface area contributed by atoms with E-state index in [1.54, 1.807) is 0 Å². The minimum atomic E-state index is -1.56. The molecule has 0 fully saturated rings. The Labute approximate surface area is 183 Å². The summed E-state index contributed by atoms with van der Waals surface area (Å²) in [6, 6.07) is -0.954. The molecule has 0 saturated heterocycles. The minimum Gasteiger partial charge on any atom is -0.394 e. The first-order chi connectivity index (χ1) is 14.6. The molecule has 0 aromatic rings. The molecule has 0 saturated carbocycles. The van der Waals surface area contributed by atoms with E-state index in [1.165, 1.54) is 64.2 Å². The summed E-state index contributed by atoms with van der Waals surface area (Å²) in [5, 5.41) is 40.6. The lowest BCUT2D eigenvalue weighted by Crippen LogP contribution is -2.52. The normalized spacial score (nSPS) is 15.9. The average molecular weight is 430 g/mol. The highest BCUT2D eigenvalue weighted by atomic mass is 16.4. The molecule has 0 rings (SSSR count). The van der Waals surface area contributed by atoms with Crippen LogP contribution in [0.4, 0.5) is 0 Å². The number of hydrogen-bond donors (Lipinski definition) is 5. The van der Waals surface area contributed by atoms with Gasteiger partial charge in [0.25, 0.3) is 0 Å². The van der Waals surface area contributed by atoms with Crippen molar-refractivity contribution in [1.82, 2.24) is 5.32 Å². The molecule has 0 aromatic heterocycles. The van der Waals surface area contributed by atoms with Gasteiger partial charge in [-0.25, -0.2) is 0 Å². The monoisotopic (exact) mass is 429 g/mol. The summed E-state index contributed by atoms with van der Waals surface area (Å²) in [6.45, 7) is 2.14. The molecular formula is C24H47NO5. The van der Waals surface area contributed by atoms with Gasteiger partial charge in [-0.3, -0.25) is 0 Å². The summed E-state index contributed by atoms with van der Waals surface area (Å²) < 4.78 is 0. The van der Waals surface area contributed by atoms with E-state index in [9.17, 15) is 20.1 Å². The first-order valence-corrected chi connectivity index (χ1v) is 12.1. The number of nitrogens with one attached hydrogen (secondary N) is 1. The van der Waals surface area contributed by atoms with Crippen LogP contribution in [0.1, 0.15) is 96.8 Å². The van der Waals surface area contributed by atoms with Crippen molar-refractivity contribution in [2.45, 2.75) is 121 Å². The summed E-state index contributed by atoms with van der Waals surface area (Å²) in [5.41, 5.74) is 0. The standard InChI is InChI=1S/C24H47NO5/c1-2-3-4-5-6-7-8-9-10-11-12-13-14-15-16-17-18-25-21(19-26)23(29)24(30)22(28)20-27/h9-10,19,21-25,27-30H,2-8,11-18,20H2,1H3/b10-9-/t21-,22+,23+,24+/m0/s1. The fourth-order valence-corrected chi connectivity index (χ4v) is 3.44. The van der Waals surface area contributed by atoms with Crippen molar-refractivity contribution in [3.05, 3.63) is 12.2 Å². The molecule has 0 heterocycles. The molecule has 6 nitrogen and oxygen atoms in total. The van der Waals surface area contributed by atoms with Gasteiger partial charge in [0.15, 0.2) is 0 Å². The molecule has 0 aliphatic rings. The number of hydrogen-bond acceptors (Lipinski definition) is 6. The number of rotatable bonds is 22. The van der Waals surface area contributed by atoms with E-state index < -0.39 is 31.0 Å². The fourth-order valence-electron chi connectivity index (χ4n) is 3.44. The maximum absolute atomic E-state index is 11.1. The molecule has 0 bridgehead atoms. The Morgan fingerprint density at radius 1 is 0.733 bits per heavy atom. The third-order valence-electron chi connectivity index (χ3n) is 5.51. The Kier molecular flexibility index (Phi) is 20.9. The molecule has 0 aromatic carbocycles. The third-order valence-corrected chi connectivity index (χ3v) is 5.51. The third kappa shape index (κ3) is 16.0. The van der Waals surface area contributed by atoms with Crippen LogP contribution in [0.15, 0.2) is 12.2 Å². The SMILES string of the molecule is CCCCCCCC/C=C\CCCCCCCCN[C@@H](C=O)[C@@H](O)[C@H](O)[C@H](O)CO. The van der Waals surface area contributed by atoms with Crippen molar-refractivity contribution in [3.8, 4) is 0 Å². The van der Waals surface area contributed by atoms with Crippen molar-refractivity contribution in [2.75, 3.05) is 13.2 Å². The molecule has 6 heteroatoms.